The number of aryl methyl sites for hydroxylation is 2. The number of aromatic nitrogens is 2. The number of rotatable bonds is 10. The molecule has 0 bridgehead atoms. The maximum absolute atomic E-state index is 11.7. The fourth-order valence-electron chi connectivity index (χ4n) is 3.11. The van der Waals surface area contributed by atoms with E-state index in [0.717, 1.165) is 54.9 Å². The Morgan fingerprint density at radius 3 is 2.77 bits per heavy atom. The predicted molar refractivity (Wildman–Crippen MR) is 108 cm³/mol. The first-order valence-electron chi connectivity index (χ1n) is 9.42. The Hall–Kier alpha value is -1.75. The van der Waals surface area contributed by atoms with Crippen LogP contribution in [0.25, 0.3) is 11.0 Å². The molecule has 1 aromatic heterocycles. The molecule has 0 atom stereocenters. The third kappa shape index (κ3) is 5.37. The molecule has 1 aromatic carbocycles. The van der Waals surface area contributed by atoms with Crippen LogP contribution in [-0.4, -0.2) is 40.6 Å². The van der Waals surface area contributed by atoms with Crippen molar-refractivity contribution in [1.29, 1.82) is 0 Å². The molecular weight excluding hydrogens is 350 g/mol. The molecule has 5 nitrogen and oxygen atoms in total. The summed E-state index contributed by atoms with van der Waals surface area (Å²) in [5.41, 5.74) is 3.25. The Morgan fingerprint density at radius 1 is 1.35 bits per heavy atom. The van der Waals surface area contributed by atoms with E-state index in [9.17, 15) is 4.79 Å². The van der Waals surface area contributed by atoms with Crippen molar-refractivity contribution in [3.05, 3.63) is 24.0 Å². The number of alkyl halides is 1. The summed E-state index contributed by atoms with van der Waals surface area (Å²) in [5.74, 6) is 1.46. The highest BCUT2D eigenvalue weighted by Crippen LogP contribution is 2.23. The molecular formula is C20H30ClN3O2. The number of carbonyl (C=O) groups is 1. The molecule has 0 fully saturated rings. The molecule has 0 saturated carbocycles. The summed E-state index contributed by atoms with van der Waals surface area (Å²) in [4.78, 5) is 18.8. The molecule has 0 aliphatic carbocycles. The molecule has 2 rings (SSSR count). The summed E-state index contributed by atoms with van der Waals surface area (Å²) in [7, 11) is 2.03. The lowest BCUT2D eigenvalue weighted by atomic mass is 10.2. The maximum Gasteiger partial charge on any atom is 0.306 e. The van der Waals surface area contributed by atoms with E-state index in [2.05, 4.69) is 34.6 Å². The number of ether oxygens (including phenoxy) is 1. The molecule has 0 N–H and O–H groups in total. The number of halogens is 1. The zero-order valence-electron chi connectivity index (χ0n) is 16.3. The molecule has 0 aliphatic rings. The minimum absolute atomic E-state index is 0.0595. The zero-order valence-corrected chi connectivity index (χ0v) is 17.1. The average molecular weight is 380 g/mol. The minimum Gasteiger partial charge on any atom is -0.463 e. The predicted octanol–water partition coefficient (Wildman–Crippen LogP) is 4.30. The standard InChI is InChI=1S/C20H30ClN3O2/c1-5-12-24(13-11-21)16-9-10-18-17(14-16)22-19(23(18)4)7-6-8-20(25)26-15(2)3/h9-10,14-15H,5-8,11-13H2,1-4H3. The van der Waals surface area contributed by atoms with Crippen LogP contribution in [0.15, 0.2) is 18.2 Å². The summed E-state index contributed by atoms with van der Waals surface area (Å²) in [5, 5.41) is 0. The van der Waals surface area contributed by atoms with Crippen LogP contribution < -0.4 is 4.90 Å². The number of hydrogen-bond donors (Lipinski definition) is 0. The minimum atomic E-state index is -0.141. The van der Waals surface area contributed by atoms with Crippen molar-refractivity contribution in [3.63, 3.8) is 0 Å². The summed E-state index contributed by atoms with van der Waals surface area (Å²) in [6.07, 6.45) is 2.94. The Kier molecular flexibility index (Phi) is 7.76. The highest BCUT2D eigenvalue weighted by atomic mass is 35.5. The summed E-state index contributed by atoms with van der Waals surface area (Å²) in [6.45, 7) is 7.72. The SMILES string of the molecule is CCCN(CCCl)c1ccc2c(c1)nc(CCCC(=O)OC(C)C)n2C. The molecule has 0 saturated heterocycles. The van der Waals surface area contributed by atoms with E-state index >= 15 is 0 Å². The lowest BCUT2D eigenvalue weighted by Crippen LogP contribution is -2.26. The average Bonchev–Trinajstić information content (AvgIpc) is 2.89. The maximum atomic E-state index is 11.7. The van der Waals surface area contributed by atoms with Gasteiger partial charge in [0.15, 0.2) is 0 Å². The van der Waals surface area contributed by atoms with E-state index in [-0.39, 0.29) is 12.1 Å². The molecule has 2 aromatic rings. The summed E-state index contributed by atoms with van der Waals surface area (Å²) < 4.78 is 7.29. The Bertz CT molecular complexity index is 721. The van der Waals surface area contributed by atoms with Crippen LogP contribution in [0.4, 0.5) is 5.69 Å². The van der Waals surface area contributed by atoms with Crippen LogP contribution in [0, 0.1) is 0 Å². The number of imidazole rings is 1. The molecule has 0 unspecified atom stereocenters. The smallest absolute Gasteiger partial charge is 0.306 e. The number of esters is 1. The van der Waals surface area contributed by atoms with Crippen molar-refractivity contribution in [3.8, 4) is 0 Å². The first kappa shape index (κ1) is 20.6. The number of fused-ring (bicyclic) bond motifs is 1. The second kappa shape index (κ2) is 9.81. The van der Waals surface area contributed by atoms with Gasteiger partial charge in [-0.25, -0.2) is 4.98 Å². The normalized spacial score (nSPS) is 11.3. The van der Waals surface area contributed by atoms with Gasteiger partial charge in [-0.2, -0.15) is 0 Å². The summed E-state index contributed by atoms with van der Waals surface area (Å²) in [6, 6.07) is 6.38. The van der Waals surface area contributed by atoms with E-state index in [1.807, 2.05) is 20.9 Å². The van der Waals surface area contributed by atoms with Gasteiger partial charge >= 0.3 is 5.97 Å². The van der Waals surface area contributed by atoms with Crippen LogP contribution in [0.3, 0.4) is 0 Å². The van der Waals surface area contributed by atoms with Crippen LogP contribution in [0.1, 0.15) is 45.9 Å². The molecule has 0 amide bonds. The quantitative estimate of drug-likeness (QED) is 0.456. The second-order valence-corrected chi connectivity index (χ2v) is 7.21. The van der Waals surface area contributed by atoms with E-state index in [0.29, 0.717) is 12.3 Å². The van der Waals surface area contributed by atoms with Gasteiger partial charge in [0.2, 0.25) is 0 Å². The van der Waals surface area contributed by atoms with Gasteiger partial charge in [-0.1, -0.05) is 6.92 Å². The fraction of sp³-hybridized carbons (Fsp3) is 0.600. The van der Waals surface area contributed by atoms with E-state index < -0.39 is 0 Å². The summed E-state index contributed by atoms with van der Waals surface area (Å²) >= 11 is 5.94. The topological polar surface area (TPSA) is 47.4 Å². The Labute approximate surface area is 161 Å². The van der Waals surface area contributed by atoms with Crippen molar-refractivity contribution in [2.24, 2.45) is 7.05 Å². The van der Waals surface area contributed by atoms with Crippen LogP contribution in [0.5, 0.6) is 0 Å². The van der Waals surface area contributed by atoms with Gasteiger partial charge in [-0.3, -0.25) is 4.79 Å². The van der Waals surface area contributed by atoms with Gasteiger partial charge in [0.05, 0.1) is 17.1 Å². The number of anilines is 1. The van der Waals surface area contributed by atoms with Gasteiger partial charge in [0, 0.05) is 44.5 Å². The monoisotopic (exact) mass is 379 g/mol. The number of nitrogens with zero attached hydrogens (tertiary/aromatic N) is 3. The first-order chi connectivity index (χ1) is 12.5. The number of hydrogen-bond acceptors (Lipinski definition) is 4. The zero-order chi connectivity index (χ0) is 19.1. The first-order valence-corrected chi connectivity index (χ1v) is 9.95. The van der Waals surface area contributed by atoms with Crippen LogP contribution >= 0.6 is 11.6 Å². The molecule has 0 aliphatic heterocycles. The molecule has 144 valence electrons. The van der Waals surface area contributed by atoms with Crippen LogP contribution in [-0.2, 0) is 23.0 Å². The van der Waals surface area contributed by atoms with Crippen LogP contribution in [0.2, 0.25) is 0 Å². The molecule has 6 heteroatoms. The van der Waals surface area contributed by atoms with E-state index in [1.54, 1.807) is 0 Å². The highest BCUT2D eigenvalue weighted by molar-refractivity contribution is 6.18. The van der Waals surface area contributed by atoms with Gasteiger partial charge in [-0.15, -0.1) is 11.6 Å². The van der Waals surface area contributed by atoms with Gasteiger partial charge < -0.3 is 14.2 Å². The Balaban J connectivity index is 2.10. The third-order valence-corrected chi connectivity index (χ3v) is 4.49. The highest BCUT2D eigenvalue weighted by Gasteiger charge is 2.12. The van der Waals surface area contributed by atoms with E-state index in [1.165, 1.54) is 0 Å². The van der Waals surface area contributed by atoms with Crippen molar-refractivity contribution in [2.75, 3.05) is 23.9 Å². The molecule has 1 heterocycles. The largest absolute Gasteiger partial charge is 0.463 e. The number of carbonyl (C=O) groups excluding carboxylic acids is 1. The van der Waals surface area contributed by atoms with Crippen molar-refractivity contribution < 1.29 is 9.53 Å². The lowest BCUT2D eigenvalue weighted by Gasteiger charge is -2.23. The third-order valence-electron chi connectivity index (χ3n) is 4.32. The van der Waals surface area contributed by atoms with Crippen molar-refractivity contribution >= 4 is 34.3 Å². The fourth-order valence-corrected chi connectivity index (χ4v) is 3.32. The molecule has 0 radical (unpaired) electrons. The Morgan fingerprint density at radius 2 is 2.12 bits per heavy atom. The van der Waals surface area contributed by atoms with E-state index in [4.69, 9.17) is 21.3 Å². The second-order valence-electron chi connectivity index (χ2n) is 6.83. The van der Waals surface area contributed by atoms with Gasteiger partial charge in [0.1, 0.15) is 5.82 Å². The van der Waals surface area contributed by atoms with Gasteiger partial charge in [0.25, 0.3) is 0 Å². The number of benzene rings is 1. The lowest BCUT2D eigenvalue weighted by molar-refractivity contribution is -0.147. The molecule has 26 heavy (non-hydrogen) atoms. The molecule has 0 spiro atoms. The van der Waals surface area contributed by atoms with Crippen molar-refractivity contribution in [1.82, 2.24) is 9.55 Å². The van der Waals surface area contributed by atoms with Gasteiger partial charge in [-0.05, 0) is 44.9 Å². The van der Waals surface area contributed by atoms with Crippen molar-refractivity contribution in [2.45, 2.75) is 52.6 Å².